The summed E-state index contributed by atoms with van der Waals surface area (Å²) in [7, 11) is 1.63. The number of methoxy groups -OCH3 is 1. The minimum atomic E-state index is -0.886. The average Bonchev–Trinajstić information content (AvgIpc) is 2.18. The lowest BCUT2D eigenvalue weighted by Crippen LogP contribution is -2.14. The number of carbonyl (C=O) groups is 1. The first-order valence-corrected chi connectivity index (χ1v) is 4.68. The molecule has 4 heteroatoms. The van der Waals surface area contributed by atoms with Gasteiger partial charge in [0.15, 0.2) is 0 Å². The van der Waals surface area contributed by atoms with E-state index in [1.165, 1.54) is 0 Å². The minimum absolute atomic E-state index is 0.0520. The predicted octanol–water partition coefficient (Wildman–Crippen LogP) is 1.31. The standard InChI is InChI=1S/C11H15NO3/c1-15-7-8-2-4-9(5-3-8)10(12)6-11(13)14/h2-5,10H,6-7,12H2,1H3,(H,13,14). The topological polar surface area (TPSA) is 72.5 Å². The number of benzene rings is 1. The first-order valence-electron chi connectivity index (χ1n) is 4.68. The lowest BCUT2D eigenvalue weighted by molar-refractivity contribution is -0.137. The van der Waals surface area contributed by atoms with E-state index < -0.39 is 12.0 Å². The summed E-state index contributed by atoms with van der Waals surface area (Å²) in [5.41, 5.74) is 7.58. The quantitative estimate of drug-likeness (QED) is 0.766. The van der Waals surface area contributed by atoms with E-state index in [1.807, 2.05) is 24.3 Å². The van der Waals surface area contributed by atoms with Crippen molar-refractivity contribution in [2.75, 3.05) is 7.11 Å². The van der Waals surface area contributed by atoms with E-state index in [0.29, 0.717) is 6.61 Å². The Morgan fingerprint density at radius 1 is 1.47 bits per heavy atom. The SMILES string of the molecule is COCc1ccc(C(N)CC(=O)O)cc1. The highest BCUT2D eigenvalue weighted by molar-refractivity contribution is 5.67. The molecule has 1 atom stereocenters. The van der Waals surface area contributed by atoms with Gasteiger partial charge in [0.2, 0.25) is 0 Å². The maximum absolute atomic E-state index is 10.5. The minimum Gasteiger partial charge on any atom is -0.481 e. The monoisotopic (exact) mass is 209 g/mol. The van der Waals surface area contributed by atoms with Crippen molar-refractivity contribution in [1.29, 1.82) is 0 Å². The molecule has 0 spiro atoms. The number of hydrogen-bond donors (Lipinski definition) is 2. The molecule has 4 nitrogen and oxygen atoms in total. The van der Waals surface area contributed by atoms with Crippen molar-refractivity contribution < 1.29 is 14.6 Å². The second kappa shape index (κ2) is 5.48. The lowest BCUT2D eigenvalue weighted by atomic mass is 10.0. The molecular weight excluding hydrogens is 194 g/mol. The van der Waals surface area contributed by atoms with Crippen LogP contribution in [0.3, 0.4) is 0 Å². The molecule has 0 amide bonds. The molecule has 1 aromatic rings. The number of nitrogens with two attached hydrogens (primary N) is 1. The van der Waals surface area contributed by atoms with Crippen LogP contribution in [-0.2, 0) is 16.1 Å². The first-order chi connectivity index (χ1) is 7.13. The summed E-state index contributed by atoms with van der Waals surface area (Å²) >= 11 is 0. The highest BCUT2D eigenvalue weighted by Gasteiger charge is 2.09. The van der Waals surface area contributed by atoms with Gasteiger partial charge in [-0.15, -0.1) is 0 Å². The Bertz CT molecular complexity index is 321. The van der Waals surface area contributed by atoms with Crippen molar-refractivity contribution >= 4 is 5.97 Å². The van der Waals surface area contributed by atoms with Crippen molar-refractivity contribution in [2.45, 2.75) is 19.1 Å². The predicted molar refractivity (Wildman–Crippen MR) is 56.3 cm³/mol. The molecule has 1 unspecified atom stereocenters. The van der Waals surface area contributed by atoms with E-state index in [9.17, 15) is 4.79 Å². The van der Waals surface area contributed by atoms with Crippen LogP contribution in [0.4, 0.5) is 0 Å². The first kappa shape index (κ1) is 11.7. The van der Waals surface area contributed by atoms with Gasteiger partial charge in [0.25, 0.3) is 0 Å². The van der Waals surface area contributed by atoms with Crippen molar-refractivity contribution in [3.8, 4) is 0 Å². The summed E-state index contributed by atoms with van der Waals surface area (Å²) in [6.45, 7) is 0.550. The molecule has 0 bridgehead atoms. The highest BCUT2D eigenvalue weighted by Crippen LogP contribution is 2.15. The Morgan fingerprint density at radius 2 is 2.07 bits per heavy atom. The molecule has 0 aliphatic heterocycles. The smallest absolute Gasteiger partial charge is 0.305 e. The van der Waals surface area contributed by atoms with E-state index >= 15 is 0 Å². The van der Waals surface area contributed by atoms with Crippen LogP contribution < -0.4 is 5.73 Å². The van der Waals surface area contributed by atoms with Crippen LogP contribution in [0.25, 0.3) is 0 Å². The fourth-order valence-corrected chi connectivity index (χ4v) is 1.33. The molecule has 0 saturated carbocycles. The van der Waals surface area contributed by atoms with Gasteiger partial charge in [-0.2, -0.15) is 0 Å². The van der Waals surface area contributed by atoms with Gasteiger partial charge < -0.3 is 15.6 Å². The van der Waals surface area contributed by atoms with Crippen LogP contribution in [0.5, 0.6) is 0 Å². The molecule has 0 radical (unpaired) electrons. The van der Waals surface area contributed by atoms with Crippen LogP contribution in [0.15, 0.2) is 24.3 Å². The molecule has 0 aliphatic carbocycles. The molecule has 15 heavy (non-hydrogen) atoms. The fourth-order valence-electron chi connectivity index (χ4n) is 1.33. The number of carboxylic acids is 1. The van der Waals surface area contributed by atoms with Gasteiger partial charge in [-0.25, -0.2) is 0 Å². The van der Waals surface area contributed by atoms with Crippen molar-refractivity contribution in [3.63, 3.8) is 0 Å². The van der Waals surface area contributed by atoms with Crippen LogP contribution >= 0.6 is 0 Å². The molecule has 0 aliphatic rings. The third-order valence-corrected chi connectivity index (χ3v) is 2.11. The second-order valence-corrected chi connectivity index (χ2v) is 3.38. The zero-order valence-corrected chi connectivity index (χ0v) is 8.64. The summed E-state index contributed by atoms with van der Waals surface area (Å²) in [6.07, 6.45) is -0.0520. The maximum Gasteiger partial charge on any atom is 0.305 e. The summed E-state index contributed by atoms with van der Waals surface area (Å²) in [5.74, 6) is -0.886. The zero-order chi connectivity index (χ0) is 11.3. The molecule has 3 N–H and O–H groups in total. The lowest BCUT2D eigenvalue weighted by Gasteiger charge is -2.09. The van der Waals surface area contributed by atoms with Crippen LogP contribution in [0, 0.1) is 0 Å². The highest BCUT2D eigenvalue weighted by atomic mass is 16.5. The number of carboxylic acid groups (broad SMARTS) is 1. The summed E-state index contributed by atoms with van der Waals surface area (Å²) < 4.78 is 4.97. The number of aliphatic carboxylic acids is 1. The molecule has 0 heterocycles. The van der Waals surface area contributed by atoms with Crippen molar-refractivity contribution in [2.24, 2.45) is 5.73 Å². The zero-order valence-electron chi connectivity index (χ0n) is 8.64. The molecule has 0 aromatic heterocycles. The summed E-state index contributed by atoms with van der Waals surface area (Å²) in [5, 5.41) is 8.58. The Hall–Kier alpha value is -1.39. The molecular formula is C11H15NO3. The Balaban J connectivity index is 2.66. The Labute approximate surface area is 88.7 Å². The van der Waals surface area contributed by atoms with Crippen LogP contribution in [0.1, 0.15) is 23.6 Å². The van der Waals surface area contributed by atoms with E-state index in [2.05, 4.69) is 0 Å². The van der Waals surface area contributed by atoms with Gasteiger partial charge in [-0.1, -0.05) is 24.3 Å². The van der Waals surface area contributed by atoms with Gasteiger partial charge in [-0.05, 0) is 11.1 Å². The third-order valence-electron chi connectivity index (χ3n) is 2.11. The molecule has 1 rings (SSSR count). The van der Waals surface area contributed by atoms with E-state index in [4.69, 9.17) is 15.6 Å². The fraction of sp³-hybridized carbons (Fsp3) is 0.364. The largest absolute Gasteiger partial charge is 0.481 e. The van der Waals surface area contributed by atoms with E-state index in [0.717, 1.165) is 11.1 Å². The Kier molecular flexibility index (Phi) is 4.27. The number of rotatable bonds is 5. The van der Waals surface area contributed by atoms with Crippen LogP contribution in [-0.4, -0.2) is 18.2 Å². The van der Waals surface area contributed by atoms with E-state index in [-0.39, 0.29) is 6.42 Å². The molecule has 82 valence electrons. The van der Waals surface area contributed by atoms with Crippen molar-refractivity contribution in [1.82, 2.24) is 0 Å². The van der Waals surface area contributed by atoms with Gasteiger partial charge >= 0.3 is 5.97 Å². The summed E-state index contributed by atoms with van der Waals surface area (Å²) in [4.78, 5) is 10.5. The summed E-state index contributed by atoms with van der Waals surface area (Å²) in [6, 6.07) is 7.00. The molecule has 1 aromatic carbocycles. The van der Waals surface area contributed by atoms with Gasteiger partial charge in [-0.3, -0.25) is 4.79 Å². The average molecular weight is 209 g/mol. The van der Waals surface area contributed by atoms with Crippen LogP contribution in [0.2, 0.25) is 0 Å². The van der Waals surface area contributed by atoms with Gasteiger partial charge in [0.05, 0.1) is 13.0 Å². The Morgan fingerprint density at radius 3 is 2.53 bits per heavy atom. The third kappa shape index (κ3) is 3.69. The normalized spacial score (nSPS) is 12.4. The van der Waals surface area contributed by atoms with Gasteiger partial charge in [0, 0.05) is 13.2 Å². The molecule has 0 saturated heterocycles. The van der Waals surface area contributed by atoms with E-state index in [1.54, 1.807) is 7.11 Å². The van der Waals surface area contributed by atoms with Crippen molar-refractivity contribution in [3.05, 3.63) is 35.4 Å². The molecule has 0 fully saturated rings. The maximum atomic E-state index is 10.5. The number of hydrogen-bond acceptors (Lipinski definition) is 3. The van der Waals surface area contributed by atoms with Gasteiger partial charge in [0.1, 0.15) is 0 Å². The second-order valence-electron chi connectivity index (χ2n) is 3.38. The number of ether oxygens (including phenoxy) is 1.